The molecule has 1 atom stereocenters. The quantitative estimate of drug-likeness (QED) is 0.867. The Labute approximate surface area is 125 Å². The number of hydrogen-bond donors (Lipinski definition) is 2. The summed E-state index contributed by atoms with van der Waals surface area (Å²) in [6.45, 7) is 3.23. The fourth-order valence-electron chi connectivity index (χ4n) is 3.62. The van der Waals surface area contributed by atoms with Crippen molar-refractivity contribution in [2.45, 2.75) is 38.1 Å². The van der Waals surface area contributed by atoms with Gasteiger partial charge >= 0.3 is 0 Å². The van der Waals surface area contributed by atoms with Gasteiger partial charge in [-0.15, -0.1) is 0 Å². The molecular weight excluding hydrogens is 264 g/mol. The number of hydrogen-bond acceptors (Lipinski definition) is 4. The standard InChI is InChI=1S/C16H24N4O/c17-15(21)14-6-3-8-18-16(14)19-10-12-7-9-20(11-12)13-4-1-2-5-13/h3,6,8,12-13H,1-2,4-5,7,9-11H2,(H2,17,21)(H,18,19). The molecule has 0 radical (unpaired) electrons. The SMILES string of the molecule is NC(=O)c1cccnc1NCC1CCN(C2CCCC2)C1. The van der Waals surface area contributed by atoms with Crippen molar-refractivity contribution in [3.63, 3.8) is 0 Å². The highest BCUT2D eigenvalue weighted by Gasteiger charge is 2.29. The van der Waals surface area contributed by atoms with Crippen molar-refractivity contribution in [1.82, 2.24) is 9.88 Å². The molecule has 1 saturated heterocycles. The van der Waals surface area contributed by atoms with Crippen LogP contribution in [0.25, 0.3) is 0 Å². The molecule has 2 fully saturated rings. The van der Waals surface area contributed by atoms with Crippen molar-refractivity contribution in [1.29, 1.82) is 0 Å². The molecule has 0 aromatic carbocycles. The Bertz CT molecular complexity index is 499. The largest absolute Gasteiger partial charge is 0.369 e. The van der Waals surface area contributed by atoms with E-state index in [0.29, 0.717) is 17.3 Å². The van der Waals surface area contributed by atoms with Crippen LogP contribution in [0.2, 0.25) is 0 Å². The number of amides is 1. The number of carbonyl (C=O) groups is 1. The second-order valence-electron chi connectivity index (χ2n) is 6.23. The van der Waals surface area contributed by atoms with Crippen molar-refractivity contribution in [2.75, 3.05) is 25.0 Å². The number of primary amides is 1. The summed E-state index contributed by atoms with van der Waals surface area (Å²) < 4.78 is 0. The Balaban J connectivity index is 1.53. The van der Waals surface area contributed by atoms with Gasteiger partial charge in [0, 0.05) is 25.3 Å². The minimum Gasteiger partial charge on any atom is -0.369 e. The van der Waals surface area contributed by atoms with Crippen LogP contribution in [0.1, 0.15) is 42.5 Å². The van der Waals surface area contributed by atoms with Gasteiger partial charge in [-0.3, -0.25) is 4.79 Å². The number of carbonyl (C=O) groups excluding carboxylic acids is 1. The van der Waals surface area contributed by atoms with Crippen LogP contribution in [-0.2, 0) is 0 Å². The van der Waals surface area contributed by atoms with E-state index in [-0.39, 0.29) is 0 Å². The van der Waals surface area contributed by atoms with Gasteiger partial charge in [0.2, 0.25) is 0 Å². The van der Waals surface area contributed by atoms with Gasteiger partial charge in [0.15, 0.2) is 0 Å². The maximum atomic E-state index is 11.4. The molecule has 5 heteroatoms. The van der Waals surface area contributed by atoms with E-state index in [1.807, 2.05) is 0 Å². The predicted molar refractivity (Wildman–Crippen MR) is 83.2 cm³/mol. The normalized spacial score (nSPS) is 23.5. The topological polar surface area (TPSA) is 71.2 Å². The second kappa shape index (κ2) is 6.43. The Kier molecular flexibility index (Phi) is 4.39. The first-order valence-electron chi connectivity index (χ1n) is 7.97. The number of nitrogens with one attached hydrogen (secondary N) is 1. The van der Waals surface area contributed by atoms with E-state index < -0.39 is 5.91 Å². The zero-order valence-corrected chi connectivity index (χ0v) is 12.4. The average Bonchev–Trinajstić information content (AvgIpc) is 3.16. The third-order valence-corrected chi connectivity index (χ3v) is 4.79. The monoisotopic (exact) mass is 288 g/mol. The maximum Gasteiger partial charge on any atom is 0.252 e. The van der Waals surface area contributed by atoms with Crippen molar-refractivity contribution in [2.24, 2.45) is 11.7 Å². The van der Waals surface area contributed by atoms with Gasteiger partial charge in [0.05, 0.1) is 5.56 Å². The van der Waals surface area contributed by atoms with E-state index in [1.165, 1.54) is 38.6 Å². The summed E-state index contributed by atoms with van der Waals surface area (Å²) in [7, 11) is 0. The van der Waals surface area contributed by atoms with E-state index >= 15 is 0 Å². The van der Waals surface area contributed by atoms with Gasteiger partial charge in [-0.2, -0.15) is 0 Å². The van der Waals surface area contributed by atoms with Gasteiger partial charge in [0.1, 0.15) is 5.82 Å². The summed E-state index contributed by atoms with van der Waals surface area (Å²) in [6, 6.07) is 4.27. The molecule has 2 aliphatic rings. The van der Waals surface area contributed by atoms with Crippen molar-refractivity contribution in [3.05, 3.63) is 23.9 Å². The lowest BCUT2D eigenvalue weighted by molar-refractivity contribution is 0.100. The number of anilines is 1. The number of rotatable bonds is 5. The number of pyridine rings is 1. The zero-order valence-electron chi connectivity index (χ0n) is 12.4. The lowest BCUT2D eigenvalue weighted by Crippen LogP contribution is -2.31. The molecule has 21 heavy (non-hydrogen) atoms. The van der Waals surface area contributed by atoms with Crippen LogP contribution in [0, 0.1) is 5.92 Å². The lowest BCUT2D eigenvalue weighted by Gasteiger charge is -2.23. The number of nitrogens with two attached hydrogens (primary N) is 1. The maximum absolute atomic E-state index is 11.4. The van der Waals surface area contributed by atoms with Crippen LogP contribution < -0.4 is 11.1 Å². The average molecular weight is 288 g/mol. The third-order valence-electron chi connectivity index (χ3n) is 4.79. The number of aromatic nitrogens is 1. The number of likely N-dealkylation sites (tertiary alicyclic amines) is 1. The first kappa shape index (κ1) is 14.3. The van der Waals surface area contributed by atoms with Gasteiger partial charge in [-0.25, -0.2) is 4.98 Å². The molecule has 1 aromatic rings. The molecule has 3 rings (SSSR count). The zero-order chi connectivity index (χ0) is 14.7. The predicted octanol–water partition coefficient (Wildman–Crippen LogP) is 1.86. The van der Waals surface area contributed by atoms with E-state index in [4.69, 9.17) is 5.73 Å². The Morgan fingerprint density at radius 1 is 1.38 bits per heavy atom. The van der Waals surface area contributed by atoms with Gasteiger partial charge < -0.3 is 16.0 Å². The molecule has 1 aliphatic heterocycles. The summed E-state index contributed by atoms with van der Waals surface area (Å²) >= 11 is 0. The summed E-state index contributed by atoms with van der Waals surface area (Å²) in [4.78, 5) is 18.3. The fourth-order valence-corrected chi connectivity index (χ4v) is 3.62. The summed E-state index contributed by atoms with van der Waals surface area (Å²) in [6.07, 6.45) is 8.43. The Morgan fingerprint density at radius 2 is 2.19 bits per heavy atom. The highest BCUT2D eigenvalue weighted by molar-refractivity contribution is 5.97. The molecule has 2 heterocycles. The molecular formula is C16H24N4O. The first-order valence-corrected chi connectivity index (χ1v) is 7.97. The molecule has 3 N–H and O–H groups in total. The van der Waals surface area contributed by atoms with Crippen LogP contribution in [0.3, 0.4) is 0 Å². The first-order chi connectivity index (χ1) is 10.2. The lowest BCUT2D eigenvalue weighted by atomic mass is 10.1. The van der Waals surface area contributed by atoms with Crippen molar-refractivity contribution < 1.29 is 4.79 Å². The van der Waals surface area contributed by atoms with Crippen LogP contribution in [0.4, 0.5) is 5.82 Å². The van der Waals surface area contributed by atoms with E-state index in [1.54, 1.807) is 18.3 Å². The Hall–Kier alpha value is -1.62. The third kappa shape index (κ3) is 3.35. The molecule has 1 unspecified atom stereocenters. The summed E-state index contributed by atoms with van der Waals surface area (Å²) in [5, 5.41) is 3.31. The minimum absolute atomic E-state index is 0.426. The van der Waals surface area contributed by atoms with E-state index in [0.717, 1.165) is 19.1 Å². The number of nitrogens with zero attached hydrogens (tertiary/aromatic N) is 2. The fraction of sp³-hybridized carbons (Fsp3) is 0.625. The highest BCUT2D eigenvalue weighted by atomic mass is 16.1. The van der Waals surface area contributed by atoms with Crippen molar-refractivity contribution >= 4 is 11.7 Å². The van der Waals surface area contributed by atoms with Crippen LogP contribution in [0.15, 0.2) is 18.3 Å². The van der Waals surface area contributed by atoms with Crippen LogP contribution in [0.5, 0.6) is 0 Å². The molecule has 5 nitrogen and oxygen atoms in total. The molecule has 0 bridgehead atoms. The molecule has 1 aromatic heterocycles. The minimum atomic E-state index is -0.426. The van der Waals surface area contributed by atoms with E-state index in [9.17, 15) is 4.79 Å². The summed E-state index contributed by atoms with van der Waals surface area (Å²) in [5.74, 6) is 0.822. The molecule has 114 valence electrons. The molecule has 1 aliphatic carbocycles. The second-order valence-corrected chi connectivity index (χ2v) is 6.23. The van der Waals surface area contributed by atoms with Crippen LogP contribution in [-0.4, -0.2) is 41.5 Å². The molecule has 1 saturated carbocycles. The Morgan fingerprint density at radius 3 is 2.95 bits per heavy atom. The molecule has 1 amide bonds. The summed E-state index contributed by atoms with van der Waals surface area (Å²) in [5.41, 5.74) is 5.85. The smallest absolute Gasteiger partial charge is 0.252 e. The van der Waals surface area contributed by atoms with Gasteiger partial charge in [-0.1, -0.05) is 12.8 Å². The molecule has 0 spiro atoms. The van der Waals surface area contributed by atoms with Gasteiger partial charge in [0.25, 0.3) is 5.91 Å². The highest BCUT2D eigenvalue weighted by Crippen LogP contribution is 2.28. The van der Waals surface area contributed by atoms with Crippen LogP contribution >= 0.6 is 0 Å². The van der Waals surface area contributed by atoms with Crippen molar-refractivity contribution in [3.8, 4) is 0 Å². The van der Waals surface area contributed by atoms with E-state index in [2.05, 4.69) is 15.2 Å². The van der Waals surface area contributed by atoms with Gasteiger partial charge in [-0.05, 0) is 43.9 Å².